The lowest BCUT2D eigenvalue weighted by molar-refractivity contribution is 0.473. The van der Waals surface area contributed by atoms with E-state index in [2.05, 4.69) is 112 Å². The lowest BCUT2D eigenvalue weighted by atomic mass is 9.83. The van der Waals surface area contributed by atoms with Gasteiger partial charge in [0.25, 0.3) is 0 Å². The van der Waals surface area contributed by atoms with Crippen molar-refractivity contribution in [2.45, 2.75) is 52.4 Å². The second-order valence-corrected chi connectivity index (χ2v) is 14.2. The number of aromatic nitrogens is 3. The highest BCUT2D eigenvalue weighted by molar-refractivity contribution is 6.09. The van der Waals surface area contributed by atoms with Gasteiger partial charge >= 0.3 is 0 Å². The van der Waals surface area contributed by atoms with Crippen LogP contribution in [-0.4, -0.2) is 19.6 Å². The van der Waals surface area contributed by atoms with E-state index in [-0.39, 0.29) is 16.6 Å². The molecule has 4 aromatic carbocycles. The second-order valence-electron chi connectivity index (χ2n) is 14.2. The van der Waals surface area contributed by atoms with Gasteiger partial charge in [-0.25, -0.2) is 9.97 Å². The Bertz CT molecular complexity index is 2180. The number of phenols is 1. The van der Waals surface area contributed by atoms with E-state index in [0.717, 1.165) is 55.9 Å². The summed E-state index contributed by atoms with van der Waals surface area (Å²) in [6, 6.07) is 41.3. The molecule has 0 amide bonds. The highest BCUT2D eigenvalue weighted by atomic mass is 16.3. The summed E-state index contributed by atoms with van der Waals surface area (Å²) < 4.78 is 2.11. The van der Waals surface area contributed by atoms with Crippen LogP contribution >= 0.6 is 0 Å². The average molecular weight is 617 g/mol. The average Bonchev–Trinajstić information content (AvgIpc) is 3.37. The van der Waals surface area contributed by atoms with Gasteiger partial charge in [-0.1, -0.05) is 96.1 Å². The van der Waals surface area contributed by atoms with E-state index in [1.807, 2.05) is 60.8 Å². The van der Waals surface area contributed by atoms with E-state index in [0.29, 0.717) is 5.69 Å². The molecule has 0 saturated carbocycles. The first kappa shape index (κ1) is 30.2. The molecule has 1 N–H and O–H groups in total. The number of anilines is 3. The van der Waals surface area contributed by atoms with Crippen molar-refractivity contribution in [1.82, 2.24) is 14.5 Å². The molecule has 47 heavy (non-hydrogen) atoms. The van der Waals surface area contributed by atoms with Gasteiger partial charge in [-0.15, -0.1) is 0 Å². The molecule has 0 unspecified atom stereocenters. The third kappa shape index (κ3) is 5.52. The molecule has 7 aromatic rings. The second kappa shape index (κ2) is 11.4. The quantitative estimate of drug-likeness (QED) is 0.209. The van der Waals surface area contributed by atoms with Crippen molar-refractivity contribution in [1.29, 1.82) is 0 Å². The van der Waals surface area contributed by atoms with Crippen LogP contribution < -0.4 is 4.90 Å². The van der Waals surface area contributed by atoms with Crippen molar-refractivity contribution in [3.63, 3.8) is 0 Å². The fourth-order valence-electron chi connectivity index (χ4n) is 6.36. The first-order valence-corrected chi connectivity index (χ1v) is 16.2. The van der Waals surface area contributed by atoms with Crippen molar-refractivity contribution >= 4 is 39.1 Å². The zero-order valence-corrected chi connectivity index (χ0v) is 27.9. The van der Waals surface area contributed by atoms with E-state index < -0.39 is 0 Å². The van der Waals surface area contributed by atoms with Crippen molar-refractivity contribution in [3.05, 3.63) is 139 Å². The summed E-state index contributed by atoms with van der Waals surface area (Å²) in [4.78, 5) is 12.4. The Labute approximate surface area is 276 Å². The van der Waals surface area contributed by atoms with E-state index in [1.54, 1.807) is 6.07 Å². The van der Waals surface area contributed by atoms with Gasteiger partial charge in [-0.05, 0) is 88.7 Å². The van der Waals surface area contributed by atoms with Crippen LogP contribution in [0.15, 0.2) is 128 Å². The Morgan fingerprint density at radius 2 is 1.36 bits per heavy atom. The molecule has 0 saturated heterocycles. The summed E-state index contributed by atoms with van der Waals surface area (Å²) in [6.07, 6.45) is 1.82. The molecule has 7 rings (SSSR count). The minimum Gasteiger partial charge on any atom is -0.506 e. The molecule has 5 nitrogen and oxygen atoms in total. The number of nitrogens with zero attached hydrogens (tertiary/aromatic N) is 4. The van der Waals surface area contributed by atoms with Crippen LogP contribution in [0.5, 0.6) is 5.75 Å². The predicted molar refractivity (Wildman–Crippen MR) is 196 cm³/mol. The number of hydrogen-bond acceptors (Lipinski definition) is 4. The third-order valence-electron chi connectivity index (χ3n) is 8.81. The van der Waals surface area contributed by atoms with E-state index in [9.17, 15) is 5.11 Å². The summed E-state index contributed by atoms with van der Waals surface area (Å²) in [6.45, 7) is 13.5. The van der Waals surface area contributed by atoms with Gasteiger partial charge in [0, 0.05) is 33.9 Å². The Kier molecular flexibility index (Phi) is 7.35. The number of hydrogen-bond donors (Lipinski definition) is 1. The third-order valence-corrected chi connectivity index (χ3v) is 8.81. The number of fused-ring (bicyclic) bond motifs is 3. The molecule has 234 valence electrons. The zero-order valence-electron chi connectivity index (χ0n) is 27.9. The summed E-state index contributed by atoms with van der Waals surface area (Å²) in [5.74, 6) is 1.05. The van der Waals surface area contributed by atoms with Gasteiger partial charge in [0.05, 0.1) is 16.9 Å². The van der Waals surface area contributed by atoms with Crippen LogP contribution in [0, 0.1) is 0 Å². The maximum absolute atomic E-state index is 11.1. The highest BCUT2D eigenvalue weighted by Gasteiger charge is 2.26. The largest absolute Gasteiger partial charge is 0.506 e. The molecule has 0 aliphatic carbocycles. The van der Waals surface area contributed by atoms with E-state index >= 15 is 0 Å². The summed E-state index contributed by atoms with van der Waals surface area (Å²) >= 11 is 0. The predicted octanol–water partition coefficient (Wildman–Crippen LogP) is 11.0. The number of benzene rings is 4. The number of pyridine rings is 2. The first-order valence-electron chi connectivity index (χ1n) is 16.2. The van der Waals surface area contributed by atoms with Crippen LogP contribution in [-0.2, 0) is 10.8 Å². The molecule has 3 heterocycles. The molecule has 3 aromatic heterocycles. The number of rotatable bonds is 5. The Hall–Kier alpha value is -5.42. The molecule has 0 aliphatic rings. The topological polar surface area (TPSA) is 54.2 Å². The standard InChI is InChI=1S/C42H40N4O/c1-41(2,3)29-22-23-35-32(26-29)33-27-34(42(4,5)6)39(44-40(33)46(35)36-19-10-11-20-37(36)47)28-15-14-18-31(25-28)45(30-16-8-7-9-17-30)38-21-12-13-24-43-38/h7-27,47H,1-6H3. The molecule has 0 spiro atoms. The minimum absolute atomic E-state index is 0.0175. The SMILES string of the molecule is CC(C)(C)c1ccc2c(c1)c1cc(C(C)(C)C)c(-c3cccc(N(c4ccccc4)c4ccccn4)c3)nc1n2-c1ccccc1O. The van der Waals surface area contributed by atoms with Gasteiger partial charge in [-0.3, -0.25) is 9.47 Å². The van der Waals surface area contributed by atoms with Crippen molar-refractivity contribution in [2.75, 3.05) is 4.90 Å². The van der Waals surface area contributed by atoms with Gasteiger partial charge in [0.1, 0.15) is 17.2 Å². The molecular weight excluding hydrogens is 576 g/mol. The molecule has 0 atom stereocenters. The van der Waals surface area contributed by atoms with Crippen LogP contribution in [0.3, 0.4) is 0 Å². The molecule has 0 bridgehead atoms. The summed E-state index contributed by atoms with van der Waals surface area (Å²) in [5, 5.41) is 13.3. The number of phenolic OH excluding ortho intramolecular Hbond substituents is 1. The summed E-state index contributed by atoms with van der Waals surface area (Å²) in [5.41, 5.74) is 8.67. The van der Waals surface area contributed by atoms with Gasteiger partial charge < -0.3 is 5.11 Å². The van der Waals surface area contributed by atoms with Crippen LogP contribution in [0.4, 0.5) is 17.2 Å². The molecular formula is C42H40N4O. The maximum atomic E-state index is 11.1. The maximum Gasteiger partial charge on any atom is 0.146 e. The van der Waals surface area contributed by atoms with E-state index in [1.165, 1.54) is 5.56 Å². The highest BCUT2D eigenvalue weighted by Crippen LogP contribution is 2.42. The fraction of sp³-hybridized carbons (Fsp3) is 0.190. The Morgan fingerprint density at radius 1 is 0.638 bits per heavy atom. The molecule has 0 radical (unpaired) electrons. The van der Waals surface area contributed by atoms with E-state index in [4.69, 9.17) is 9.97 Å². The summed E-state index contributed by atoms with van der Waals surface area (Å²) in [7, 11) is 0. The van der Waals surface area contributed by atoms with Crippen LogP contribution in [0.1, 0.15) is 52.7 Å². The minimum atomic E-state index is -0.197. The lowest BCUT2D eigenvalue weighted by Crippen LogP contribution is -2.15. The number of aromatic hydroxyl groups is 1. The van der Waals surface area contributed by atoms with Crippen molar-refractivity contribution < 1.29 is 5.11 Å². The van der Waals surface area contributed by atoms with Crippen molar-refractivity contribution in [2.24, 2.45) is 0 Å². The Morgan fingerprint density at radius 3 is 2.06 bits per heavy atom. The lowest BCUT2D eigenvalue weighted by Gasteiger charge is -2.26. The monoisotopic (exact) mass is 616 g/mol. The molecule has 0 fully saturated rings. The van der Waals surface area contributed by atoms with Gasteiger partial charge in [0.15, 0.2) is 0 Å². The normalized spacial score (nSPS) is 12.1. The molecule has 5 heteroatoms. The van der Waals surface area contributed by atoms with Crippen molar-refractivity contribution in [3.8, 4) is 22.7 Å². The zero-order chi connectivity index (χ0) is 32.9. The fourth-order valence-corrected chi connectivity index (χ4v) is 6.36. The van der Waals surface area contributed by atoms with Gasteiger partial charge in [0.2, 0.25) is 0 Å². The number of para-hydroxylation sites is 3. The first-order chi connectivity index (χ1) is 22.5. The van der Waals surface area contributed by atoms with Crippen LogP contribution in [0.25, 0.3) is 38.9 Å². The Balaban J connectivity index is 1.52. The van der Waals surface area contributed by atoms with Crippen LogP contribution in [0.2, 0.25) is 0 Å². The van der Waals surface area contributed by atoms with Gasteiger partial charge in [-0.2, -0.15) is 0 Å². The smallest absolute Gasteiger partial charge is 0.146 e. The molecule has 0 aliphatic heterocycles.